The van der Waals surface area contributed by atoms with Crippen molar-refractivity contribution in [1.29, 1.82) is 0 Å². The highest BCUT2D eigenvalue weighted by molar-refractivity contribution is 5.85. The fourth-order valence-electron chi connectivity index (χ4n) is 1.52. The summed E-state index contributed by atoms with van der Waals surface area (Å²) < 4.78 is 0. The lowest BCUT2D eigenvalue weighted by Crippen LogP contribution is -2.04. The zero-order valence-corrected chi connectivity index (χ0v) is 6.97. The molecule has 2 rings (SSSR count). The number of aliphatic carboxylic acids is 1. The van der Waals surface area contributed by atoms with Crippen molar-refractivity contribution < 1.29 is 9.90 Å². The van der Waals surface area contributed by atoms with Gasteiger partial charge >= 0.3 is 5.97 Å². The molecular formula is C10H9NO2. The van der Waals surface area contributed by atoms with Crippen molar-refractivity contribution in [2.45, 2.75) is 12.3 Å². The van der Waals surface area contributed by atoms with Gasteiger partial charge in [0, 0.05) is 12.1 Å². The summed E-state index contributed by atoms with van der Waals surface area (Å²) in [5.74, 6) is -0.832. The summed E-state index contributed by atoms with van der Waals surface area (Å²) >= 11 is 0. The van der Waals surface area contributed by atoms with Gasteiger partial charge in [0.15, 0.2) is 0 Å². The lowest BCUT2D eigenvalue weighted by molar-refractivity contribution is -0.137. The fourth-order valence-corrected chi connectivity index (χ4v) is 1.52. The molecule has 1 aliphatic rings. The summed E-state index contributed by atoms with van der Waals surface area (Å²) in [6.07, 6.45) is 1.83. The third-order valence-electron chi connectivity index (χ3n) is 2.12. The van der Waals surface area contributed by atoms with Gasteiger partial charge in [-0.3, -0.25) is 9.79 Å². The third kappa shape index (κ3) is 1.45. The minimum Gasteiger partial charge on any atom is -0.481 e. The van der Waals surface area contributed by atoms with Crippen molar-refractivity contribution in [3.63, 3.8) is 0 Å². The number of carbonyl (C=O) groups is 1. The molecule has 0 radical (unpaired) electrons. The van der Waals surface area contributed by atoms with Crippen LogP contribution >= 0.6 is 0 Å². The second-order valence-corrected chi connectivity index (χ2v) is 3.04. The molecule has 0 saturated carbocycles. The Hall–Kier alpha value is -1.64. The van der Waals surface area contributed by atoms with E-state index in [1.807, 2.05) is 24.3 Å². The number of carboxylic acid groups (broad SMARTS) is 1. The van der Waals surface area contributed by atoms with Crippen LogP contribution in [0.25, 0.3) is 0 Å². The number of aliphatic imine (C=N–C) groups is 1. The van der Waals surface area contributed by atoms with Gasteiger partial charge in [-0.25, -0.2) is 0 Å². The van der Waals surface area contributed by atoms with E-state index in [4.69, 9.17) is 5.11 Å². The standard InChI is InChI=1S/C10H9NO2/c12-10(13)5-7-6-11-9-4-2-1-3-8(7)9/h1-4,6-7H,5H2,(H,12,13)/t7-/m0/s1. The number of fused-ring (bicyclic) bond motifs is 1. The van der Waals surface area contributed by atoms with Crippen molar-refractivity contribution in [2.75, 3.05) is 0 Å². The van der Waals surface area contributed by atoms with Gasteiger partial charge in [0.1, 0.15) is 0 Å². The van der Waals surface area contributed by atoms with Crippen molar-refractivity contribution >= 4 is 17.9 Å². The van der Waals surface area contributed by atoms with Gasteiger partial charge in [0.25, 0.3) is 0 Å². The third-order valence-corrected chi connectivity index (χ3v) is 2.12. The smallest absolute Gasteiger partial charge is 0.304 e. The van der Waals surface area contributed by atoms with Crippen LogP contribution in [-0.2, 0) is 4.79 Å². The van der Waals surface area contributed by atoms with Crippen molar-refractivity contribution in [3.8, 4) is 0 Å². The SMILES string of the molecule is O=C(O)C[C@H]1C=Nc2ccccc21. The molecule has 1 aromatic carbocycles. The normalized spacial score (nSPS) is 18.6. The molecule has 0 amide bonds. The predicted molar refractivity (Wildman–Crippen MR) is 49.6 cm³/mol. The van der Waals surface area contributed by atoms with Gasteiger partial charge in [0.05, 0.1) is 12.1 Å². The summed E-state index contributed by atoms with van der Waals surface area (Å²) in [6.45, 7) is 0. The molecule has 1 atom stereocenters. The number of hydrogen-bond donors (Lipinski definition) is 1. The molecule has 1 aliphatic heterocycles. The van der Waals surface area contributed by atoms with Crippen LogP contribution in [0.3, 0.4) is 0 Å². The van der Waals surface area contributed by atoms with Crippen LogP contribution < -0.4 is 0 Å². The van der Waals surface area contributed by atoms with Crippen LogP contribution in [0.2, 0.25) is 0 Å². The van der Waals surface area contributed by atoms with Crippen molar-refractivity contribution in [2.24, 2.45) is 4.99 Å². The van der Waals surface area contributed by atoms with E-state index in [-0.39, 0.29) is 12.3 Å². The van der Waals surface area contributed by atoms with Crippen LogP contribution in [0.5, 0.6) is 0 Å². The Morgan fingerprint density at radius 3 is 3.00 bits per heavy atom. The first kappa shape index (κ1) is 7.98. The van der Waals surface area contributed by atoms with Gasteiger partial charge in [-0.2, -0.15) is 0 Å². The number of para-hydroxylation sites is 1. The molecule has 3 nitrogen and oxygen atoms in total. The highest BCUT2D eigenvalue weighted by atomic mass is 16.4. The van der Waals surface area contributed by atoms with Gasteiger partial charge < -0.3 is 5.11 Å². The molecule has 0 saturated heterocycles. The maximum Gasteiger partial charge on any atom is 0.304 e. The van der Waals surface area contributed by atoms with Gasteiger partial charge in [-0.15, -0.1) is 0 Å². The van der Waals surface area contributed by atoms with E-state index in [0.29, 0.717) is 0 Å². The average molecular weight is 175 g/mol. The lowest BCUT2D eigenvalue weighted by atomic mass is 9.98. The summed E-state index contributed by atoms with van der Waals surface area (Å²) in [4.78, 5) is 14.6. The number of carboxylic acids is 1. The summed E-state index contributed by atoms with van der Waals surface area (Å²) in [5, 5.41) is 8.64. The van der Waals surface area contributed by atoms with Crippen LogP contribution in [0.4, 0.5) is 5.69 Å². The molecule has 0 aromatic heterocycles. The van der Waals surface area contributed by atoms with E-state index in [9.17, 15) is 4.79 Å². The quantitative estimate of drug-likeness (QED) is 0.746. The number of hydrogen-bond acceptors (Lipinski definition) is 2. The minimum absolute atomic E-state index is 0.0475. The Morgan fingerprint density at radius 1 is 1.46 bits per heavy atom. The molecule has 0 fully saturated rings. The van der Waals surface area contributed by atoms with E-state index < -0.39 is 5.97 Å². The van der Waals surface area contributed by atoms with Crippen LogP contribution in [0, 0.1) is 0 Å². The summed E-state index contributed by atoms with van der Waals surface area (Å²) in [7, 11) is 0. The van der Waals surface area contributed by atoms with E-state index in [1.165, 1.54) is 0 Å². The Bertz CT molecular complexity index is 371. The van der Waals surface area contributed by atoms with E-state index in [2.05, 4.69) is 4.99 Å². The van der Waals surface area contributed by atoms with Crippen LogP contribution in [0.15, 0.2) is 29.3 Å². The average Bonchev–Trinajstić information content (AvgIpc) is 2.48. The summed E-state index contributed by atoms with van der Waals surface area (Å²) in [6, 6.07) is 7.63. The Balaban J connectivity index is 2.28. The molecule has 1 N–H and O–H groups in total. The molecule has 0 unspecified atom stereocenters. The van der Waals surface area contributed by atoms with Gasteiger partial charge in [-0.05, 0) is 11.6 Å². The first-order valence-corrected chi connectivity index (χ1v) is 4.12. The molecule has 1 heterocycles. The zero-order valence-electron chi connectivity index (χ0n) is 6.97. The molecule has 0 spiro atoms. The molecule has 13 heavy (non-hydrogen) atoms. The highest BCUT2D eigenvalue weighted by Crippen LogP contribution is 2.33. The first-order chi connectivity index (χ1) is 6.27. The van der Waals surface area contributed by atoms with Crippen LogP contribution in [0.1, 0.15) is 17.9 Å². The topological polar surface area (TPSA) is 49.7 Å². The summed E-state index contributed by atoms with van der Waals surface area (Å²) in [5.41, 5.74) is 1.92. The number of rotatable bonds is 2. The predicted octanol–water partition coefficient (Wildman–Crippen LogP) is 1.96. The fraction of sp³-hybridized carbons (Fsp3) is 0.200. The maximum absolute atomic E-state index is 10.5. The van der Waals surface area contributed by atoms with Gasteiger partial charge in [-0.1, -0.05) is 18.2 Å². The van der Waals surface area contributed by atoms with Gasteiger partial charge in [0.2, 0.25) is 0 Å². The molecule has 66 valence electrons. The second-order valence-electron chi connectivity index (χ2n) is 3.04. The van der Waals surface area contributed by atoms with Crippen LogP contribution in [-0.4, -0.2) is 17.3 Å². The highest BCUT2D eigenvalue weighted by Gasteiger charge is 2.20. The Kier molecular flexibility index (Phi) is 1.85. The maximum atomic E-state index is 10.5. The second kappa shape index (κ2) is 3.01. The minimum atomic E-state index is -0.784. The monoisotopic (exact) mass is 175 g/mol. The lowest BCUT2D eigenvalue weighted by Gasteiger charge is -2.04. The Morgan fingerprint density at radius 2 is 2.23 bits per heavy atom. The molecule has 1 aromatic rings. The molecule has 0 aliphatic carbocycles. The first-order valence-electron chi connectivity index (χ1n) is 4.12. The molecule has 0 bridgehead atoms. The number of nitrogens with zero attached hydrogens (tertiary/aromatic N) is 1. The van der Waals surface area contributed by atoms with E-state index in [1.54, 1.807) is 6.21 Å². The van der Waals surface area contributed by atoms with E-state index in [0.717, 1.165) is 11.3 Å². The zero-order chi connectivity index (χ0) is 9.26. The molecule has 3 heteroatoms. The van der Waals surface area contributed by atoms with E-state index >= 15 is 0 Å². The Labute approximate surface area is 75.7 Å². The largest absolute Gasteiger partial charge is 0.481 e. The van der Waals surface area contributed by atoms with Crippen molar-refractivity contribution in [3.05, 3.63) is 29.8 Å². The number of benzene rings is 1. The van der Waals surface area contributed by atoms with Crippen molar-refractivity contribution in [1.82, 2.24) is 0 Å². The molecular weight excluding hydrogens is 166 g/mol.